The van der Waals surface area contributed by atoms with Gasteiger partial charge in [0, 0.05) is 18.8 Å². The van der Waals surface area contributed by atoms with Gasteiger partial charge in [-0.15, -0.1) is 0 Å². The molecule has 1 fully saturated rings. The number of hydrogen-bond donors (Lipinski definition) is 4. The lowest BCUT2D eigenvalue weighted by Gasteiger charge is -2.28. The molecule has 2 aromatic rings. The quantitative estimate of drug-likeness (QED) is 0.228. The van der Waals surface area contributed by atoms with Crippen molar-refractivity contribution in [3.8, 4) is 0 Å². The Morgan fingerprint density at radius 3 is 2.27 bits per heavy atom. The van der Waals surface area contributed by atoms with Crippen molar-refractivity contribution in [3.05, 3.63) is 48.0 Å². The number of benzene rings is 2. The Morgan fingerprint density at radius 2 is 1.60 bits per heavy atom. The van der Waals surface area contributed by atoms with Gasteiger partial charge in [-0.25, -0.2) is 4.79 Å². The molecular weight excluding hydrogens is 530 g/mol. The van der Waals surface area contributed by atoms with Crippen LogP contribution in [0, 0.1) is 11.8 Å². The molecule has 2 aromatic carbocycles. The summed E-state index contributed by atoms with van der Waals surface area (Å²) >= 11 is 3.82. The predicted octanol–water partition coefficient (Wildman–Crippen LogP) is 3.73. The topological polar surface area (TPSA) is 131 Å². The second kappa shape index (κ2) is 14.8. The number of rotatable bonds is 12. The van der Waals surface area contributed by atoms with Crippen LogP contribution in [0.2, 0.25) is 0 Å². The molecule has 10 heteroatoms. The van der Waals surface area contributed by atoms with Crippen molar-refractivity contribution in [2.24, 2.45) is 11.8 Å². The maximum atomic E-state index is 13.5. The highest BCUT2D eigenvalue weighted by molar-refractivity contribution is 7.96. The average Bonchev–Trinajstić information content (AvgIpc) is 2.92. The van der Waals surface area contributed by atoms with Gasteiger partial charge in [0.15, 0.2) is 0 Å². The number of fused-ring (bicyclic) bond motifs is 1. The first-order valence-electron chi connectivity index (χ1n) is 13.8. The molecule has 0 aromatic heterocycles. The lowest BCUT2D eigenvalue weighted by Crippen LogP contribution is -2.56. The first-order valence-corrected chi connectivity index (χ1v) is 14.2. The molecule has 0 aliphatic heterocycles. The van der Waals surface area contributed by atoms with Crippen molar-refractivity contribution in [3.63, 3.8) is 0 Å². The van der Waals surface area contributed by atoms with Crippen molar-refractivity contribution < 1.29 is 28.7 Å². The Balaban J connectivity index is 1.78. The highest BCUT2D eigenvalue weighted by atomic mass is 32.1. The van der Waals surface area contributed by atoms with E-state index in [1.807, 2.05) is 56.3 Å². The number of Topliss-reactive ketones (excluding diaryl/α,β-unsaturated/α-hetero) is 1. The van der Waals surface area contributed by atoms with E-state index in [0.29, 0.717) is 19.3 Å². The summed E-state index contributed by atoms with van der Waals surface area (Å²) in [5.41, 5.74) is 0.855. The molecule has 9 nitrogen and oxygen atoms in total. The molecule has 216 valence electrons. The van der Waals surface area contributed by atoms with Crippen LogP contribution in [-0.4, -0.2) is 54.0 Å². The molecule has 3 rings (SSSR count). The monoisotopic (exact) mass is 569 g/mol. The van der Waals surface area contributed by atoms with Gasteiger partial charge in [-0.05, 0) is 47.9 Å². The number of thiol groups is 1. The Bertz CT molecular complexity index is 1230. The van der Waals surface area contributed by atoms with E-state index in [0.717, 1.165) is 29.2 Å². The number of methoxy groups -OCH3 is 1. The summed E-state index contributed by atoms with van der Waals surface area (Å²) in [7, 11) is 1.23. The molecular formula is C30H39N3O6S. The second-order valence-electron chi connectivity index (χ2n) is 10.8. The highest BCUT2D eigenvalue weighted by Gasteiger charge is 2.34. The maximum absolute atomic E-state index is 13.5. The molecule has 1 aliphatic carbocycles. The maximum Gasteiger partial charge on any atom is 0.328 e. The van der Waals surface area contributed by atoms with Crippen molar-refractivity contribution in [1.82, 2.24) is 16.0 Å². The summed E-state index contributed by atoms with van der Waals surface area (Å²) in [6.45, 7) is 3.82. The Morgan fingerprint density at radius 1 is 0.925 bits per heavy atom. The zero-order valence-corrected chi connectivity index (χ0v) is 24.2. The zero-order chi connectivity index (χ0) is 29.2. The number of carbonyl (C=O) groups is 5. The van der Waals surface area contributed by atoms with Crippen molar-refractivity contribution in [2.75, 3.05) is 7.11 Å². The van der Waals surface area contributed by atoms with E-state index >= 15 is 0 Å². The molecule has 0 spiro atoms. The summed E-state index contributed by atoms with van der Waals surface area (Å²) in [6, 6.07) is 10.5. The van der Waals surface area contributed by atoms with Gasteiger partial charge < -0.3 is 20.7 Å². The van der Waals surface area contributed by atoms with Gasteiger partial charge in [0.25, 0.3) is 5.24 Å². The first kappa shape index (κ1) is 31.1. The molecule has 3 amide bonds. The fourth-order valence-electron chi connectivity index (χ4n) is 5.24. The van der Waals surface area contributed by atoms with Gasteiger partial charge in [0.05, 0.1) is 7.11 Å². The van der Waals surface area contributed by atoms with Crippen LogP contribution in [0.4, 0.5) is 4.79 Å². The van der Waals surface area contributed by atoms with Gasteiger partial charge in [-0.2, -0.15) is 0 Å². The van der Waals surface area contributed by atoms with E-state index in [9.17, 15) is 24.0 Å². The third-order valence-electron chi connectivity index (χ3n) is 7.26. The minimum Gasteiger partial charge on any atom is -0.467 e. The molecule has 0 heterocycles. The van der Waals surface area contributed by atoms with Gasteiger partial charge >= 0.3 is 5.97 Å². The Labute approximate surface area is 240 Å². The molecule has 1 aliphatic rings. The molecule has 0 saturated heterocycles. The van der Waals surface area contributed by atoms with Gasteiger partial charge in [0.1, 0.15) is 23.9 Å². The summed E-state index contributed by atoms with van der Waals surface area (Å²) < 4.78 is 4.91. The largest absolute Gasteiger partial charge is 0.467 e. The second-order valence-corrected chi connectivity index (χ2v) is 11.2. The fourth-order valence-corrected chi connectivity index (χ4v) is 5.40. The van der Waals surface area contributed by atoms with E-state index < -0.39 is 41.1 Å². The van der Waals surface area contributed by atoms with Crippen molar-refractivity contribution >= 4 is 52.2 Å². The van der Waals surface area contributed by atoms with E-state index in [4.69, 9.17) is 4.74 Å². The van der Waals surface area contributed by atoms with Crippen LogP contribution in [0.5, 0.6) is 0 Å². The van der Waals surface area contributed by atoms with Crippen LogP contribution in [0.25, 0.3) is 10.8 Å². The van der Waals surface area contributed by atoms with Crippen LogP contribution >= 0.6 is 12.6 Å². The summed E-state index contributed by atoms with van der Waals surface area (Å²) in [4.78, 5) is 63.7. The Kier molecular flexibility index (Phi) is 11.5. The number of ketones is 1. The molecule has 0 bridgehead atoms. The first-order chi connectivity index (χ1) is 19.1. The average molecular weight is 570 g/mol. The summed E-state index contributed by atoms with van der Waals surface area (Å²) in [5, 5.41) is 9.36. The minimum absolute atomic E-state index is 0.0311. The Hall–Kier alpha value is -3.40. The molecule has 1 saturated carbocycles. The molecule has 3 unspecified atom stereocenters. The summed E-state index contributed by atoms with van der Waals surface area (Å²) in [5.74, 6) is -1.96. The smallest absolute Gasteiger partial charge is 0.328 e. The lowest BCUT2D eigenvalue weighted by atomic mass is 9.83. The van der Waals surface area contributed by atoms with Gasteiger partial charge in [-0.3, -0.25) is 19.2 Å². The number of carbonyl (C=O) groups excluding carboxylic acids is 5. The lowest BCUT2D eigenvalue weighted by molar-refractivity contribution is -0.146. The fraction of sp³-hybridized carbons (Fsp3) is 0.500. The van der Waals surface area contributed by atoms with Crippen molar-refractivity contribution in [2.45, 2.75) is 76.9 Å². The molecule has 0 radical (unpaired) electrons. The number of esters is 1. The standard InChI is InChI=1S/C30H39N3O6S/c1-18(2)15-23(27(35)32-25(29(37)39-3)17-21-10-5-7-14-26(21)34)31-28(36)24(33-30(38)40)16-20-12-8-11-19-9-4-6-13-22(19)20/h4,6,8-9,11-13,18,21,23-25H,5,7,10,14-17H2,1-3H3,(H,31,36)(H,32,35)(H2,33,38,40)/t21?,23-,24?,25?/m0/s1. The number of nitrogens with one attached hydrogen (secondary N) is 3. The van der Waals surface area contributed by atoms with E-state index in [1.165, 1.54) is 7.11 Å². The van der Waals surface area contributed by atoms with Crippen LogP contribution in [0.1, 0.15) is 57.9 Å². The molecule has 40 heavy (non-hydrogen) atoms. The van der Waals surface area contributed by atoms with Crippen LogP contribution in [-0.2, 0) is 30.3 Å². The van der Waals surface area contributed by atoms with Crippen LogP contribution < -0.4 is 16.0 Å². The van der Waals surface area contributed by atoms with E-state index in [-0.39, 0.29) is 30.5 Å². The normalized spacial score (nSPS) is 17.5. The zero-order valence-electron chi connectivity index (χ0n) is 23.3. The number of amides is 3. The number of ether oxygens (including phenoxy) is 1. The van der Waals surface area contributed by atoms with Gasteiger partial charge in [-0.1, -0.05) is 75.4 Å². The van der Waals surface area contributed by atoms with Crippen molar-refractivity contribution in [1.29, 1.82) is 0 Å². The number of hydrogen-bond acceptors (Lipinski definition) is 6. The third-order valence-corrected chi connectivity index (χ3v) is 7.39. The van der Waals surface area contributed by atoms with E-state index in [2.05, 4.69) is 28.6 Å². The van der Waals surface area contributed by atoms with Gasteiger partial charge in [0.2, 0.25) is 11.8 Å². The van der Waals surface area contributed by atoms with Crippen LogP contribution in [0.3, 0.4) is 0 Å². The van der Waals surface area contributed by atoms with E-state index in [1.54, 1.807) is 0 Å². The summed E-state index contributed by atoms with van der Waals surface area (Å²) in [6.07, 6.45) is 3.48. The molecule has 4 atom stereocenters. The third kappa shape index (κ3) is 8.81. The highest BCUT2D eigenvalue weighted by Crippen LogP contribution is 2.25. The molecule has 3 N–H and O–H groups in total. The SMILES string of the molecule is COC(=O)C(CC1CCCCC1=O)NC(=O)[C@H](CC(C)C)NC(=O)C(Cc1cccc2ccccc12)NC(=O)S. The van der Waals surface area contributed by atoms with Crippen LogP contribution in [0.15, 0.2) is 42.5 Å². The minimum atomic E-state index is -1.01. The predicted molar refractivity (Wildman–Crippen MR) is 156 cm³/mol.